The summed E-state index contributed by atoms with van der Waals surface area (Å²) in [5.41, 5.74) is 4.30. The maximum absolute atomic E-state index is 11.0. The van der Waals surface area contributed by atoms with Crippen LogP contribution in [0.2, 0.25) is 0 Å². The zero-order chi connectivity index (χ0) is 10.2. The van der Waals surface area contributed by atoms with Gasteiger partial charge in [-0.1, -0.05) is 0 Å². The first kappa shape index (κ1) is 12.1. The molecule has 0 aliphatic rings. The molecular formula is C7H18NO3P. The zero-order valence-corrected chi connectivity index (χ0v) is 9.18. The average molecular weight is 195 g/mol. The van der Waals surface area contributed by atoms with Gasteiger partial charge in [-0.3, -0.25) is 4.57 Å². The Morgan fingerprint density at radius 1 is 1.33 bits per heavy atom. The molecule has 0 spiro atoms. The standard InChI is InChI=1S/C7H18NO3P/c1-6(2,8)7(3,4)11-12(5,9)10/h8H2,1-5H3,(H,9,10). The first-order valence-corrected chi connectivity index (χ1v) is 5.78. The Labute approximate surface area is 73.6 Å². The summed E-state index contributed by atoms with van der Waals surface area (Å²) in [5, 5.41) is 0. The van der Waals surface area contributed by atoms with Crippen LogP contribution in [-0.4, -0.2) is 22.7 Å². The normalized spacial score (nSPS) is 18.9. The minimum absolute atomic E-state index is 0.651. The van der Waals surface area contributed by atoms with Gasteiger partial charge < -0.3 is 15.2 Å². The van der Waals surface area contributed by atoms with Crippen molar-refractivity contribution in [1.29, 1.82) is 0 Å². The van der Waals surface area contributed by atoms with E-state index in [9.17, 15) is 4.57 Å². The van der Waals surface area contributed by atoms with Crippen molar-refractivity contribution in [3.63, 3.8) is 0 Å². The van der Waals surface area contributed by atoms with Gasteiger partial charge in [-0.15, -0.1) is 0 Å². The van der Waals surface area contributed by atoms with E-state index >= 15 is 0 Å². The summed E-state index contributed by atoms with van der Waals surface area (Å²) >= 11 is 0. The van der Waals surface area contributed by atoms with Gasteiger partial charge in [-0.2, -0.15) is 0 Å². The smallest absolute Gasteiger partial charge is 0.324 e. The minimum Gasteiger partial charge on any atom is -0.324 e. The highest BCUT2D eigenvalue weighted by Crippen LogP contribution is 2.44. The van der Waals surface area contributed by atoms with E-state index in [-0.39, 0.29) is 0 Å². The van der Waals surface area contributed by atoms with Gasteiger partial charge in [0.15, 0.2) is 0 Å². The molecule has 0 fully saturated rings. The molecule has 0 aromatic rings. The van der Waals surface area contributed by atoms with Crippen LogP contribution in [-0.2, 0) is 9.09 Å². The summed E-state index contributed by atoms with van der Waals surface area (Å²) in [4.78, 5) is 8.99. The van der Waals surface area contributed by atoms with Gasteiger partial charge in [-0.25, -0.2) is 0 Å². The number of hydrogen-bond acceptors (Lipinski definition) is 3. The Kier molecular flexibility index (Phi) is 3.14. The van der Waals surface area contributed by atoms with Crippen molar-refractivity contribution in [2.45, 2.75) is 38.8 Å². The van der Waals surface area contributed by atoms with Gasteiger partial charge >= 0.3 is 7.60 Å². The fourth-order valence-corrected chi connectivity index (χ4v) is 1.62. The highest BCUT2D eigenvalue weighted by molar-refractivity contribution is 7.51. The number of nitrogens with two attached hydrogens (primary N) is 1. The molecule has 0 saturated carbocycles. The maximum atomic E-state index is 11.0. The fraction of sp³-hybridized carbons (Fsp3) is 1.00. The lowest BCUT2D eigenvalue weighted by molar-refractivity contribution is 0.0312. The van der Waals surface area contributed by atoms with Crippen LogP contribution in [0.4, 0.5) is 0 Å². The number of hydrogen-bond donors (Lipinski definition) is 2. The molecule has 0 bridgehead atoms. The Bertz CT molecular complexity index is 201. The van der Waals surface area contributed by atoms with Crippen molar-refractivity contribution >= 4 is 7.60 Å². The highest BCUT2D eigenvalue weighted by Gasteiger charge is 2.38. The van der Waals surface area contributed by atoms with E-state index in [1.165, 1.54) is 0 Å². The van der Waals surface area contributed by atoms with Crippen LogP contribution in [0.1, 0.15) is 27.7 Å². The van der Waals surface area contributed by atoms with E-state index in [1.807, 2.05) is 0 Å². The van der Waals surface area contributed by atoms with Crippen LogP contribution in [0.3, 0.4) is 0 Å². The molecule has 0 aromatic heterocycles. The third-order valence-corrected chi connectivity index (χ3v) is 2.74. The molecule has 0 saturated heterocycles. The molecule has 0 rings (SSSR count). The summed E-state index contributed by atoms with van der Waals surface area (Å²) in [7, 11) is -3.46. The summed E-state index contributed by atoms with van der Waals surface area (Å²) in [6.07, 6.45) is 0. The molecular weight excluding hydrogens is 177 g/mol. The lowest BCUT2D eigenvalue weighted by Gasteiger charge is -2.38. The summed E-state index contributed by atoms with van der Waals surface area (Å²) in [6.45, 7) is 8.05. The zero-order valence-electron chi connectivity index (χ0n) is 8.29. The second kappa shape index (κ2) is 3.11. The van der Waals surface area contributed by atoms with Crippen molar-refractivity contribution in [2.75, 3.05) is 6.66 Å². The van der Waals surface area contributed by atoms with Crippen LogP contribution >= 0.6 is 7.60 Å². The summed E-state index contributed by atoms with van der Waals surface area (Å²) in [6, 6.07) is 0. The van der Waals surface area contributed by atoms with Crippen LogP contribution in [0, 0.1) is 0 Å². The molecule has 0 heterocycles. The molecule has 3 N–H and O–H groups in total. The molecule has 0 amide bonds. The quantitative estimate of drug-likeness (QED) is 0.666. The molecule has 1 atom stereocenters. The molecule has 1 unspecified atom stereocenters. The van der Waals surface area contributed by atoms with Gasteiger partial charge in [0.05, 0.1) is 5.60 Å². The lowest BCUT2D eigenvalue weighted by Crippen LogP contribution is -2.53. The fourth-order valence-electron chi connectivity index (χ4n) is 0.541. The largest absolute Gasteiger partial charge is 0.325 e. The van der Waals surface area contributed by atoms with E-state index < -0.39 is 18.7 Å². The van der Waals surface area contributed by atoms with Crippen molar-refractivity contribution in [3.05, 3.63) is 0 Å². The highest BCUT2D eigenvalue weighted by atomic mass is 31.2. The SMILES string of the molecule is CC(C)(N)C(C)(C)OP(C)(=O)O. The van der Waals surface area contributed by atoms with Crippen LogP contribution in [0.15, 0.2) is 0 Å². The van der Waals surface area contributed by atoms with Crippen LogP contribution in [0.5, 0.6) is 0 Å². The average Bonchev–Trinajstić information content (AvgIpc) is 1.52. The van der Waals surface area contributed by atoms with Gasteiger partial charge in [0.1, 0.15) is 0 Å². The molecule has 74 valence electrons. The summed E-state index contributed by atoms with van der Waals surface area (Å²) < 4.78 is 15.9. The first-order valence-electron chi connectivity index (χ1n) is 3.76. The van der Waals surface area contributed by atoms with Crippen LogP contribution < -0.4 is 5.73 Å². The molecule has 0 aromatic carbocycles. The van der Waals surface area contributed by atoms with Crippen LogP contribution in [0.25, 0.3) is 0 Å². The first-order chi connectivity index (χ1) is 4.96. The molecule has 5 heteroatoms. The molecule has 0 radical (unpaired) electrons. The van der Waals surface area contributed by atoms with E-state index in [0.717, 1.165) is 6.66 Å². The van der Waals surface area contributed by atoms with Crippen molar-refractivity contribution in [1.82, 2.24) is 0 Å². The Morgan fingerprint density at radius 3 is 1.75 bits per heavy atom. The lowest BCUT2D eigenvalue weighted by atomic mass is 9.87. The Balaban J connectivity index is 4.56. The number of rotatable bonds is 3. The maximum Gasteiger partial charge on any atom is 0.325 e. The van der Waals surface area contributed by atoms with Gasteiger partial charge in [-0.05, 0) is 27.7 Å². The predicted octanol–water partition coefficient (Wildman–Crippen LogP) is 1.33. The predicted molar refractivity (Wildman–Crippen MR) is 49.2 cm³/mol. The molecule has 4 nitrogen and oxygen atoms in total. The van der Waals surface area contributed by atoms with E-state index in [1.54, 1.807) is 27.7 Å². The second-order valence-corrected chi connectivity index (χ2v) is 5.91. The minimum atomic E-state index is -3.46. The topological polar surface area (TPSA) is 72.5 Å². The van der Waals surface area contributed by atoms with E-state index in [2.05, 4.69) is 0 Å². The molecule has 0 aliphatic carbocycles. The Morgan fingerprint density at radius 2 is 1.67 bits per heavy atom. The summed E-state index contributed by atoms with van der Waals surface area (Å²) in [5.74, 6) is 0. The van der Waals surface area contributed by atoms with Gasteiger partial charge in [0.25, 0.3) is 0 Å². The third-order valence-electron chi connectivity index (χ3n) is 1.95. The monoisotopic (exact) mass is 195 g/mol. The van der Waals surface area contributed by atoms with Gasteiger partial charge in [0, 0.05) is 12.2 Å². The Hall–Kier alpha value is 0.110. The van der Waals surface area contributed by atoms with Crippen molar-refractivity contribution in [3.8, 4) is 0 Å². The van der Waals surface area contributed by atoms with Gasteiger partial charge in [0.2, 0.25) is 0 Å². The third kappa shape index (κ3) is 3.68. The van der Waals surface area contributed by atoms with Crippen molar-refractivity contribution in [2.24, 2.45) is 5.73 Å². The molecule has 0 aliphatic heterocycles. The van der Waals surface area contributed by atoms with Crippen molar-refractivity contribution < 1.29 is 14.0 Å². The van der Waals surface area contributed by atoms with E-state index in [4.69, 9.17) is 15.2 Å². The molecule has 12 heavy (non-hydrogen) atoms. The van der Waals surface area contributed by atoms with E-state index in [0.29, 0.717) is 0 Å². The second-order valence-electron chi connectivity index (χ2n) is 4.13.